The van der Waals surface area contributed by atoms with Gasteiger partial charge in [0, 0.05) is 16.8 Å². The van der Waals surface area contributed by atoms with E-state index in [4.69, 9.17) is 21.1 Å². The molecule has 21 heavy (non-hydrogen) atoms. The predicted octanol–water partition coefficient (Wildman–Crippen LogP) is 3.82. The average molecular weight is 368 g/mol. The number of rotatable bonds is 1. The molecule has 0 radical (unpaired) electrons. The number of aryl methyl sites for hydroxylation is 1. The molecule has 4 nitrogen and oxygen atoms in total. The molecule has 1 aromatic carbocycles. The first-order chi connectivity index (χ1) is 10.2. The van der Waals surface area contributed by atoms with Crippen LogP contribution in [0.4, 0.5) is 0 Å². The summed E-state index contributed by atoms with van der Waals surface area (Å²) in [4.78, 5) is 9.10. The molecule has 108 valence electrons. The maximum atomic E-state index is 6.29. The maximum absolute atomic E-state index is 6.29. The van der Waals surface area contributed by atoms with Gasteiger partial charge in [-0.15, -0.1) is 0 Å². The molecule has 0 bridgehead atoms. The number of hydrogen-bond donors (Lipinski definition) is 0. The van der Waals surface area contributed by atoms with E-state index in [1.54, 1.807) is 0 Å². The summed E-state index contributed by atoms with van der Waals surface area (Å²) in [5.74, 6) is 2.08. The van der Waals surface area contributed by atoms with Gasteiger partial charge >= 0.3 is 0 Å². The maximum Gasteiger partial charge on any atom is 0.175 e. The van der Waals surface area contributed by atoms with Crippen LogP contribution in [0.25, 0.3) is 11.4 Å². The summed E-state index contributed by atoms with van der Waals surface area (Å²) in [6.07, 6.45) is 3.04. The van der Waals surface area contributed by atoms with Crippen molar-refractivity contribution >= 4 is 27.5 Å². The Morgan fingerprint density at radius 1 is 1.10 bits per heavy atom. The van der Waals surface area contributed by atoms with E-state index in [9.17, 15) is 0 Å². The number of benzene rings is 1. The quantitative estimate of drug-likeness (QED) is 0.719. The van der Waals surface area contributed by atoms with Crippen molar-refractivity contribution in [2.24, 2.45) is 0 Å². The summed E-state index contributed by atoms with van der Waals surface area (Å²) >= 11 is 9.81. The molecule has 1 aromatic heterocycles. The Kier molecular flexibility index (Phi) is 3.27. The summed E-state index contributed by atoms with van der Waals surface area (Å²) in [6.45, 7) is 1.11. The molecule has 0 unspecified atom stereocenters. The van der Waals surface area contributed by atoms with E-state index in [-0.39, 0.29) is 0 Å². The van der Waals surface area contributed by atoms with Crippen molar-refractivity contribution in [3.05, 3.63) is 33.0 Å². The molecule has 1 aliphatic heterocycles. The van der Waals surface area contributed by atoms with Crippen molar-refractivity contribution < 1.29 is 9.47 Å². The first kappa shape index (κ1) is 13.3. The SMILES string of the molecule is Clc1nc(-c2cc(Br)c3c(c2)OCCO3)nc2c1CCC2. The second-order valence-electron chi connectivity index (χ2n) is 5.10. The second-order valence-corrected chi connectivity index (χ2v) is 6.31. The minimum atomic E-state index is 0.550. The Morgan fingerprint density at radius 3 is 2.86 bits per heavy atom. The summed E-state index contributed by atoms with van der Waals surface area (Å²) in [5.41, 5.74) is 3.04. The van der Waals surface area contributed by atoms with E-state index < -0.39 is 0 Å². The molecule has 0 amide bonds. The van der Waals surface area contributed by atoms with Crippen LogP contribution >= 0.6 is 27.5 Å². The van der Waals surface area contributed by atoms with Gasteiger partial charge in [0.05, 0.1) is 4.47 Å². The van der Waals surface area contributed by atoms with Crippen molar-refractivity contribution in [1.82, 2.24) is 9.97 Å². The second kappa shape index (κ2) is 5.14. The van der Waals surface area contributed by atoms with E-state index in [0.29, 0.717) is 29.9 Å². The van der Waals surface area contributed by atoms with Gasteiger partial charge in [-0.1, -0.05) is 11.6 Å². The Labute approximate surface area is 135 Å². The molecule has 0 saturated carbocycles. The monoisotopic (exact) mass is 366 g/mol. The Hall–Kier alpha value is -1.33. The summed E-state index contributed by atoms with van der Waals surface area (Å²) < 4.78 is 12.1. The minimum absolute atomic E-state index is 0.550. The highest BCUT2D eigenvalue weighted by Gasteiger charge is 2.21. The number of nitrogens with zero attached hydrogens (tertiary/aromatic N) is 2. The lowest BCUT2D eigenvalue weighted by molar-refractivity contribution is 0.170. The van der Waals surface area contributed by atoms with Crippen LogP contribution in [0.5, 0.6) is 11.5 Å². The van der Waals surface area contributed by atoms with Gasteiger partial charge < -0.3 is 9.47 Å². The molecular formula is C15H12BrClN2O2. The van der Waals surface area contributed by atoms with Gasteiger partial charge in [0.2, 0.25) is 0 Å². The zero-order valence-corrected chi connectivity index (χ0v) is 13.5. The van der Waals surface area contributed by atoms with Gasteiger partial charge in [-0.2, -0.15) is 0 Å². The molecule has 0 spiro atoms. The highest BCUT2D eigenvalue weighted by Crippen LogP contribution is 2.41. The normalized spacial score (nSPS) is 15.9. The Morgan fingerprint density at radius 2 is 1.95 bits per heavy atom. The topological polar surface area (TPSA) is 44.2 Å². The molecule has 4 rings (SSSR count). The molecule has 2 aromatic rings. The van der Waals surface area contributed by atoms with Crippen LogP contribution in [0.1, 0.15) is 17.7 Å². The van der Waals surface area contributed by atoms with Gasteiger partial charge in [0.15, 0.2) is 17.3 Å². The van der Waals surface area contributed by atoms with Gasteiger partial charge in [0.25, 0.3) is 0 Å². The van der Waals surface area contributed by atoms with E-state index in [2.05, 4.69) is 25.9 Å². The lowest BCUT2D eigenvalue weighted by Crippen LogP contribution is -2.15. The van der Waals surface area contributed by atoms with Gasteiger partial charge in [-0.3, -0.25) is 0 Å². The molecular weight excluding hydrogens is 356 g/mol. The van der Waals surface area contributed by atoms with E-state index in [1.807, 2.05) is 12.1 Å². The number of aromatic nitrogens is 2. The van der Waals surface area contributed by atoms with E-state index in [0.717, 1.165) is 46.3 Å². The van der Waals surface area contributed by atoms with Crippen LogP contribution in [0.3, 0.4) is 0 Å². The molecule has 0 N–H and O–H groups in total. The van der Waals surface area contributed by atoms with Crippen molar-refractivity contribution in [2.45, 2.75) is 19.3 Å². The predicted molar refractivity (Wildman–Crippen MR) is 83.2 cm³/mol. The van der Waals surface area contributed by atoms with Crippen LogP contribution in [-0.2, 0) is 12.8 Å². The third kappa shape index (κ3) is 2.28. The van der Waals surface area contributed by atoms with Crippen molar-refractivity contribution in [1.29, 1.82) is 0 Å². The van der Waals surface area contributed by atoms with Crippen molar-refractivity contribution in [2.75, 3.05) is 13.2 Å². The molecule has 0 fully saturated rings. The van der Waals surface area contributed by atoms with E-state index >= 15 is 0 Å². The van der Waals surface area contributed by atoms with E-state index in [1.165, 1.54) is 0 Å². The molecule has 2 aliphatic rings. The van der Waals surface area contributed by atoms with Gasteiger partial charge in [-0.05, 0) is 47.3 Å². The smallest absolute Gasteiger partial charge is 0.175 e. The highest BCUT2D eigenvalue weighted by molar-refractivity contribution is 9.10. The fourth-order valence-corrected chi connectivity index (χ4v) is 3.60. The lowest BCUT2D eigenvalue weighted by Gasteiger charge is -2.20. The zero-order chi connectivity index (χ0) is 14.4. The third-order valence-electron chi connectivity index (χ3n) is 3.74. The molecule has 6 heteroatoms. The Bertz CT molecular complexity index is 736. The molecule has 1 aliphatic carbocycles. The van der Waals surface area contributed by atoms with Crippen molar-refractivity contribution in [3.8, 4) is 22.9 Å². The van der Waals surface area contributed by atoms with Crippen LogP contribution in [0, 0.1) is 0 Å². The molecule has 2 heterocycles. The number of hydrogen-bond acceptors (Lipinski definition) is 4. The molecule has 0 atom stereocenters. The standard InChI is InChI=1S/C15H12BrClN2O2/c16-10-6-8(7-12-13(10)21-5-4-20-12)15-18-11-3-1-2-9(11)14(17)19-15/h6-7H,1-5H2. The minimum Gasteiger partial charge on any atom is -0.486 e. The zero-order valence-electron chi connectivity index (χ0n) is 11.2. The third-order valence-corrected chi connectivity index (χ3v) is 4.64. The first-order valence-corrected chi connectivity index (χ1v) is 8.04. The highest BCUT2D eigenvalue weighted by atomic mass is 79.9. The van der Waals surface area contributed by atoms with Gasteiger partial charge in [-0.25, -0.2) is 9.97 Å². The fraction of sp³-hybridized carbons (Fsp3) is 0.333. The summed E-state index contributed by atoms with van der Waals surface area (Å²) in [6, 6.07) is 3.85. The van der Waals surface area contributed by atoms with Crippen molar-refractivity contribution in [3.63, 3.8) is 0 Å². The fourth-order valence-electron chi connectivity index (χ4n) is 2.76. The summed E-state index contributed by atoms with van der Waals surface area (Å²) in [5, 5.41) is 0.568. The largest absolute Gasteiger partial charge is 0.486 e. The van der Waals surface area contributed by atoms with Crippen LogP contribution in [-0.4, -0.2) is 23.2 Å². The lowest BCUT2D eigenvalue weighted by atomic mass is 10.1. The number of ether oxygens (including phenoxy) is 2. The van der Waals surface area contributed by atoms with Crippen LogP contribution < -0.4 is 9.47 Å². The first-order valence-electron chi connectivity index (χ1n) is 6.87. The van der Waals surface area contributed by atoms with Crippen LogP contribution in [0.15, 0.2) is 16.6 Å². The van der Waals surface area contributed by atoms with Gasteiger partial charge in [0.1, 0.15) is 18.4 Å². The number of halogens is 2. The molecule has 0 saturated heterocycles. The Balaban J connectivity index is 1.84. The van der Waals surface area contributed by atoms with Crippen LogP contribution in [0.2, 0.25) is 5.15 Å². The summed E-state index contributed by atoms with van der Waals surface area (Å²) in [7, 11) is 0. The average Bonchev–Trinajstić information content (AvgIpc) is 2.96. The number of fused-ring (bicyclic) bond motifs is 2.